The van der Waals surface area contributed by atoms with Crippen LogP contribution >= 0.6 is 0 Å². The van der Waals surface area contributed by atoms with Crippen molar-refractivity contribution in [3.8, 4) is 0 Å². The van der Waals surface area contributed by atoms with Crippen molar-refractivity contribution < 1.29 is 4.42 Å². The van der Waals surface area contributed by atoms with Gasteiger partial charge in [0, 0.05) is 24.9 Å². The summed E-state index contributed by atoms with van der Waals surface area (Å²) >= 11 is 0. The van der Waals surface area contributed by atoms with E-state index >= 15 is 0 Å². The van der Waals surface area contributed by atoms with E-state index < -0.39 is 0 Å². The van der Waals surface area contributed by atoms with E-state index in [-0.39, 0.29) is 6.04 Å². The molecule has 0 aliphatic rings. The summed E-state index contributed by atoms with van der Waals surface area (Å²) in [7, 11) is 0. The highest BCUT2D eigenvalue weighted by Crippen LogP contribution is 2.22. The maximum Gasteiger partial charge on any atom is 0.127 e. The first kappa shape index (κ1) is 11.0. The summed E-state index contributed by atoms with van der Waals surface area (Å²) in [6.45, 7) is 4.74. The van der Waals surface area contributed by atoms with Crippen molar-refractivity contribution in [2.45, 2.75) is 25.8 Å². The Kier molecular flexibility index (Phi) is 3.10. The monoisotopic (exact) mass is 219 g/mol. The van der Waals surface area contributed by atoms with Crippen LogP contribution < -0.4 is 5.73 Å². The summed E-state index contributed by atoms with van der Waals surface area (Å²) in [4.78, 5) is 4.36. The predicted octanol–water partition coefficient (Wildman–Crippen LogP) is 2.15. The molecule has 0 radical (unpaired) electrons. The highest BCUT2D eigenvalue weighted by molar-refractivity contribution is 5.11. The van der Waals surface area contributed by atoms with E-state index in [1.54, 1.807) is 12.5 Å². The standard InChI is InChI=1S/C12H17N3O/c1-9(2)12-14-5-6-15(12)10(8-13)11-4-3-7-16-11/h3-7,9-10H,8,13H2,1-2H3. The minimum Gasteiger partial charge on any atom is -0.467 e. The second-order valence-electron chi connectivity index (χ2n) is 4.11. The number of nitrogens with zero attached hydrogens (tertiary/aromatic N) is 2. The molecule has 1 unspecified atom stereocenters. The molecule has 0 aliphatic heterocycles. The molecule has 0 bridgehead atoms. The number of imidazole rings is 1. The van der Waals surface area contributed by atoms with Crippen molar-refractivity contribution in [3.05, 3.63) is 42.4 Å². The molecule has 2 aromatic heterocycles. The van der Waals surface area contributed by atoms with Crippen molar-refractivity contribution in [3.63, 3.8) is 0 Å². The van der Waals surface area contributed by atoms with Gasteiger partial charge in [-0.05, 0) is 12.1 Å². The lowest BCUT2D eigenvalue weighted by atomic mass is 10.1. The third kappa shape index (κ3) is 1.88. The Morgan fingerprint density at radius 3 is 2.88 bits per heavy atom. The minimum absolute atomic E-state index is 0.0369. The highest BCUT2D eigenvalue weighted by atomic mass is 16.3. The third-order valence-corrected chi connectivity index (χ3v) is 2.65. The molecule has 0 fully saturated rings. The average Bonchev–Trinajstić information content (AvgIpc) is 2.88. The van der Waals surface area contributed by atoms with Gasteiger partial charge in [0.2, 0.25) is 0 Å². The molecule has 4 nitrogen and oxygen atoms in total. The van der Waals surface area contributed by atoms with Gasteiger partial charge in [-0.2, -0.15) is 0 Å². The zero-order valence-corrected chi connectivity index (χ0v) is 9.63. The van der Waals surface area contributed by atoms with Gasteiger partial charge < -0.3 is 14.7 Å². The Morgan fingerprint density at radius 1 is 1.50 bits per heavy atom. The van der Waals surface area contributed by atoms with Crippen LogP contribution in [-0.4, -0.2) is 16.1 Å². The predicted molar refractivity (Wildman–Crippen MR) is 62.2 cm³/mol. The Hall–Kier alpha value is -1.55. The van der Waals surface area contributed by atoms with Gasteiger partial charge in [0.1, 0.15) is 17.6 Å². The lowest BCUT2D eigenvalue weighted by molar-refractivity contribution is 0.421. The van der Waals surface area contributed by atoms with Crippen LogP contribution in [0, 0.1) is 0 Å². The van der Waals surface area contributed by atoms with Gasteiger partial charge in [0.05, 0.1) is 6.26 Å². The van der Waals surface area contributed by atoms with Crippen LogP contribution in [0.15, 0.2) is 35.2 Å². The summed E-state index contributed by atoms with van der Waals surface area (Å²) in [5.74, 6) is 2.29. The summed E-state index contributed by atoms with van der Waals surface area (Å²) in [6.07, 6.45) is 5.43. The molecular weight excluding hydrogens is 202 g/mol. The number of rotatable bonds is 4. The maximum atomic E-state index is 5.82. The lowest BCUT2D eigenvalue weighted by Crippen LogP contribution is -2.21. The van der Waals surface area contributed by atoms with Gasteiger partial charge in [-0.25, -0.2) is 4.98 Å². The van der Waals surface area contributed by atoms with Crippen LogP contribution in [0.3, 0.4) is 0 Å². The van der Waals surface area contributed by atoms with Crippen LogP contribution in [0.4, 0.5) is 0 Å². The highest BCUT2D eigenvalue weighted by Gasteiger charge is 2.18. The van der Waals surface area contributed by atoms with Gasteiger partial charge in [-0.3, -0.25) is 0 Å². The molecular formula is C12H17N3O. The maximum absolute atomic E-state index is 5.82. The molecule has 0 saturated carbocycles. The first-order valence-corrected chi connectivity index (χ1v) is 5.50. The van der Waals surface area contributed by atoms with E-state index in [0.29, 0.717) is 12.5 Å². The van der Waals surface area contributed by atoms with E-state index in [0.717, 1.165) is 11.6 Å². The lowest BCUT2D eigenvalue weighted by Gasteiger charge is -2.18. The Labute approximate surface area is 95.1 Å². The molecule has 16 heavy (non-hydrogen) atoms. The van der Waals surface area contributed by atoms with Crippen molar-refractivity contribution in [2.75, 3.05) is 6.54 Å². The SMILES string of the molecule is CC(C)c1nccn1C(CN)c1ccco1. The third-order valence-electron chi connectivity index (χ3n) is 2.65. The number of furan rings is 1. The topological polar surface area (TPSA) is 57.0 Å². The Balaban J connectivity index is 2.37. The van der Waals surface area contributed by atoms with Crippen LogP contribution in [0.25, 0.3) is 0 Å². The molecule has 4 heteroatoms. The van der Waals surface area contributed by atoms with Crippen LogP contribution in [0.1, 0.15) is 37.4 Å². The molecule has 0 saturated heterocycles. The average molecular weight is 219 g/mol. The van der Waals surface area contributed by atoms with E-state index in [9.17, 15) is 0 Å². The quantitative estimate of drug-likeness (QED) is 0.857. The molecule has 2 heterocycles. The first-order chi connectivity index (χ1) is 7.74. The van der Waals surface area contributed by atoms with Gasteiger partial charge in [-0.1, -0.05) is 13.8 Å². The molecule has 0 aliphatic carbocycles. The van der Waals surface area contributed by atoms with Crippen LogP contribution in [-0.2, 0) is 0 Å². The number of aromatic nitrogens is 2. The summed E-state index contributed by atoms with van der Waals surface area (Å²) < 4.78 is 7.50. The van der Waals surface area contributed by atoms with Crippen molar-refractivity contribution in [2.24, 2.45) is 5.73 Å². The van der Waals surface area contributed by atoms with E-state index in [1.165, 1.54) is 0 Å². The summed E-state index contributed by atoms with van der Waals surface area (Å²) in [6, 6.07) is 3.86. The summed E-state index contributed by atoms with van der Waals surface area (Å²) in [5, 5.41) is 0. The van der Waals surface area contributed by atoms with E-state index in [2.05, 4.69) is 23.4 Å². The van der Waals surface area contributed by atoms with E-state index in [4.69, 9.17) is 10.2 Å². The van der Waals surface area contributed by atoms with Gasteiger partial charge in [-0.15, -0.1) is 0 Å². The van der Waals surface area contributed by atoms with Crippen LogP contribution in [0.5, 0.6) is 0 Å². The fourth-order valence-corrected chi connectivity index (χ4v) is 1.88. The Bertz CT molecular complexity index is 431. The van der Waals surface area contributed by atoms with Gasteiger partial charge in [0.25, 0.3) is 0 Å². The molecule has 0 amide bonds. The second-order valence-corrected chi connectivity index (χ2v) is 4.11. The van der Waals surface area contributed by atoms with Crippen molar-refractivity contribution in [1.29, 1.82) is 0 Å². The van der Waals surface area contributed by atoms with E-state index in [1.807, 2.05) is 18.3 Å². The zero-order chi connectivity index (χ0) is 11.5. The Morgan fingerprint density at radius 2 is 2.31 bits per heavy atom. The molecule has 0 aromatic carbocycles. The molecule has 86 valence electrons. The summed E-state index contributed by atoms with van der Waals surface area (Å²) in [5.41, 5.74) is 5.82. The van der Waals surface area contributed by atoms with Crippen molar-refractivity contribution >= 4 is 0 Å². The molecule has 0 spiro atoms. The largest absolute Gasteiger partial charge is 0.467 e. The molecule has 2 aromatic rings. The van der Waals surface area contributed by atoms with Gasteiger partial charge in [0.15, 0.2) is 0 Å². The molecule has 2 N–H and O–H groups in total. The fraction of sp³-hybridized carbons (Fsp3) is 0.417. The van der Waals surface area contributed by atoms with Gasteiger partial charge >= 0.3 is 0 Å². The zero-order valence-electron chi connectivity index (χ0n) is 9.63. The molecule has 2 rings (SSSR count). The smallest absolute Gasteiger partial charge is 0.127 e. The number of hydrogen-bond donors (Lipinski definition) is 1. The normalized spacial score (nSPS) is 13.2. The fourth-order valence-electron chi connectivity index (χ4n) is 1.88. The van der Waals surface area contributed by atoms with Crippen LogP contribution in [0.2, 0.25) is 0 Å². The van der Waals surface area contributed by atoms with Crippen molar-refractivity contribution in [1.82, 2.24) is 9.55 Å². The second kappa shape index (κ2) is 4.53. The first-order valence-electron chi connectivity index (χ1n) is 5.50. The minimum atomic E-state index is 0.0369. The molecule has 1 atom stereocenters. The number of hydrogen-bond acceptors (Lipinski definition) is 3. The number of nitrogens with two attached hydrogens (primary N) is 1.